The van der Waals surface area contributed by atoms with Gasteiger partial charge in [-0.2, -0.15) is 0 Å². The number of amides is 3. The van der Waals surface area contributed by atoms with Crippen molar-refractivity contribution in [3.63, 3.8) is 0 Å². The molecule has 2 aliphatic rings. The summed E-state index contributed by atoms with van der Waals surface area (Å²) in [6.07, 6.45) is 0. The number of ether oxygens (including phenoxy) is 3. The van der Waals surface area contributed by atoms with Crippen LogP contribution in [0.5, 0.6) is 23.0 Å². The first-order valence-corrected chi connectivity index (χ1v) is 14.6. The Balaban J connectivity index is 1.02. The fourth-order valence-corrected chi connectivity index (χ4v) is 5.72. The largest absolute Gasteiger partial charge is 0.457 e. The number of imide groups is 1. The first-order valence-electron chi connectivity index (χ1n) is 14.6. The highest BCUT2D eigenvalue weighted by Gasteiger charge is 2.37. The summed E-state index contributed by atoms with van der Waals surface area (Å²) in [6, 6.07) is 32.4. The third kappa shape index (κ3) is 4.84. The molecule has 47 heavy (non-hydrogen) atoms. The lowest BCUT2D eigenvalue weighted by molar-refractivity contribution is 0.0924. The quantitative estimate of drug-likeness (QED) is 0.196. The lowest BCUT2D eigenvalue weighted by Gasteiger charge is -2.14. The molecule has 3 amide bonds. The maximum atomic E-state index is 13.5. The van der Waals surface area contributed by atoms with Gasteiger partial charge >= 0.3 is 5.63 Å². The third-order valence-corrected chi connectivity index (χ3v) is 7.93. The molecule has 0 radical (unpaired) electrons. The number of nitrogens with one attached hydrogen (secondary N) is 1. The van der Waals surface area contributed by atoms with Crippen molar-refractivity contribution in [2.45, 2.75) is 0 Å². The molecule has 10 heteroatoms. The molecule has 1 N–H and O–H groups in total. The van der Waals surface area contributed by atoms with Gasteiger partial charge in [0, 0.05) is 22.7 Å². The molecular weight excluding hydrogens is 600 g/mol. The van der Waals surface area contributed by atoms with Crippen LogP contribution >= 0.6 is 0 Å². The second-order valence-electron chi connectivity index (χ2n) is 10.8. The molecule has 6 aromatic rings. The van der Waals surface area contributed by atoms with Crippen LogP contribution in [0.3, 0.4) is 0 Å². The third-order valence-electron chi connectivity index (χ3n) is 7.93. The second-order valence-corrected chi connectivity index (χ2v) is 10.8. The van der Waals surface area contributed by atoms with Gasteiger partial charge in [0.05, 0.1) is 22.2 Å². The summed E-state index contributed by atoms with van der Waals surface area (Å²) in [5, 5.41) is 3.79. The normalized spacial score (nSPS) is 13.1. The number of carbonyl (C=O) groups excluding carboxylic acids is 3. The van der Waals surface area contributed by atoms with Crippen molar-refractivity contribution >= 4 is 39.9 Å². The van der Waals surface area contributed by atoms with E-state index in [1.54, 1.807) is 78.9 Å². The number of hydrogen-bond acceptors (Lipinski definition) is 8. The van der Waals surface area contributed by atoms with E-state index in [1.165, 1.54) is 6.07 Å². The molecule has 0 spiro atoms. The number of nitrogens with zero attached hydrogens (tertiary/aromatic N) is 1. The van der Waals surface area contributed by atoms with E-state index in [9.17, 15) is 19.2 Å². The van der Waals surface area contributed by atoms with E-state index in [0.29, 0.717) is 50.7 Å². The Kier molecular flexibility index (Phi) is 6.54. The van der Waals surface area contributed by atoms with Gasteiger partial charge in [-0.15, -0.1) is 0 Å². The summed E-state index contributed by atoms with van der Waals surface area (Å²) in [7, 11) is 0. The van der Waals surface area contributed by atoms with Crippen molar-refractivity contribution in [1.82, 2.24) is 0 Å². The summed E-state index contributed by atoms with van der Waals surface area (Å²) in [5.74, 6) is 0.150. The molecule has 0 bridgehead atoms. The zero-order valence-electron chi connectivity index (χ0n) is 24.4. The standard InChI is InChI=1S/C37H22N2O8/c40-34(33-32(21-6-2-1-3-7-21)26-8-4-5-9-28(26)37(43)47-33)38-22-10-13-24(14-11-22)46-25-15-16-27-29(19-25)36(42)39(35(27)41)23-12-17-30-31(18-23)45-20-44-30/h1-19H,20H2,(H,38,40). The van der Waals surface area contributed by atoms with E-state index >= 15 is 0 Å². The molecular formula is C37H22N2O8. The number of anilines is 2. The van der Waals surface area contributed by atoms with Gasteiger partial charge in [0.1, 0.15) is 11.5 Å². The molecule has 8 rings (SSSR count). The molecule has 228 valence electrons. The van der Waals surface area contributed by atoms with Gasteiger partial charge in [0.25, 0.3) is 17.7 Å². The molecule has 0 atom stereocenters. The van der Waals surface area contributed by atoms with E-state index in [4.69, 9.17) is 18.6 Å². The fourth-order valence-electron chi connectivity index (χ4n) is 5.72. The average molecular weight is 623 g/mol. The molecule has 0 saturated heterocycles. The Hall–Kier alpha value is -6.68. The minimum Gasteiger partial charge on any atom is -0.457 e. The Morgan fingerprint density at radius 1 is 0.681 bits per heavy atom. The Morgan fingerprint density at radius 3 is 2.19 bits per heavy atom. The highest BCUT2D eigenvalue weighted by molar-refractivity contribution is 6.34. The van der Waals surface area contributed by atoms with Crippen LogP contribution in [0, 0.1) is 0 Å². The summed E-state index contributed by atoms with van der Waals surface area (Å²) >= 11 is 0. The van der Waals surface area contributed by atoms with Crippen molar-refractivity contribution in [2.24, 2.45) is 0 Å². The average Bonchev–Trinajstić information content (AvgIpc) is 3.67. The van der Waals surface area contributed by atoms with Crippen molar-refractivity contribution < 1.29 is 33.0 Å². The van der Waals surface area contributed by atoms with Crippen LogP contribution in [0.15, 0.2) is 124 Å². The second kappa shape index (κ2) is 11.0. The van der Waals surface area contributed by atoms with Crippen LogP contribution in [-0.4, -0.2) is 24.5 Å². The number of fused-ring (bicyclic) bond motifs is 3. The van der Waals surface area contributed by atoms with Crippen LogP contribution in [0.25, 0.3) is 21.9 Å². The molecule has 3 heterocycles. The van der Waals surface area contributed by atoms with Crippen molar-refractivity contribution in [3.8, 4) is 34.1 Å². The molecule has 10 nitrogen and oxygen atoms in total. The van der Waals surface area contributed by atoms with Gasteiger partial charge in [-0.3, -0.25) is 14.4 Å². The summed E-state index contributed by atoms with van der Waals surface area (Å²) in [5.41, 5.74) is 1.91. The Labute approximate surface area is 266 Å². The van der Waals surface area contributed by atoms with Gasteiger partial charge < -0.3 is 23.9 Å². The topological polar surface area (TPSA) is 124 Å². The van der Waals surface area contributed by atoms with E-state index in [0.717, 1.165) is 10.5 Å². The lowest BCUT2D eigenvalue weighted by Crippen LogP contribution is -2.29. The molecule has 0 unspecified atom stereocenters. The van der Waals surface area contributed by atoms with Crippen LogP contribution in [0.2, 0.25) is 0 Å². The molecule has 0 fully saturated rings. The van der Waals surface area contributed by atoms with E-state index in [1.807, 2.05) is 30.3 Å². The monoisotopic (exact) mass is 622 g/mol. The van der Waals surface area contributed by atoms with E-state index in [2.05, 4.69) is 5.32 Å². The van der Waals surface area contributed by atoms with Crippen LogP contribution in [-0.2, 0) is 0 Å². The van der Waals surface area contributed by atoms with Gasteiger partial charge in [0.2, 0.25) is 12.6 Å². The Morgan fingerprint density at radius 2 is 1.38 bits per heavy atom. The van der Waals surface area contributed by atoms with Crippen molar-refractivity contribution in [2.75, 3.05) is 17.0 Å². The van der Waals surface area contributed by atoms with Crippen LogP contribution in [0.4, 0.5) is 11.4 Å². The van der Waals surface area contributed by atoms with Gasteiger partial charge in [-0.1, -0.05) is 48.5 Å². The van der Waals surface area contributed by atoms with E-state index < -0.39 is 23.3 Å². The zero-order valence-corrected chi connectivity index (χ0v) is 24.4. The summed E-state index contributed by atoms with van der Waals surface area (Å²) < 4.78 is 22.3. The number of benzene rings is 5. The maximum Gasteiger partial charge on any atom is 0.344 e. The van der Waals surface area contributed by atoms with E-state index in [-0.39, 0.29) is 23.7 Å². The molecule has 0 aliphatic carbocycles. The molecule has 5 aromatic carbocycles. The predicted octanol–water partition coefficient (Wildman–Crippen LogP) is 7.03. The predicted molar refractivity (Wildman–Crippen MR) is 173 cm³/mol. The molecule has 0 saturated carbocycles. The maximum absolute atomic E-state index is 13.5. The minimum absolute atomic E-state index is 0.0761. The Bertz CT molecular complexity index is 2310. The number of hydrogen-bond donors (Lipinski definition) is 1. The summed E-state index contributed by atoms with van der Waals surface area (Å²) in [6.45, 7) is 0.0761. The number of rotatable bonds is 6. The summed E-state index contributed by atoms with van der Waals surface area (Å²) in [4.78, 5) is 53.8. The SMILES string of the molecule is O=C(Nc1ccc(Oc2ccc3c(c2)C(=O)N(c2ccc4c(c2)OCO4)C3=O)cc1)c1oc(=O)c2ccccc2c1-c1ccccc1. The molecule has 1 aromatic heterocycles. The minimum atomic E-state index is -0.609. The van der Waals surface area contributed by atoms with Gasteiger partial charge in [-0.25, -0.2) is 9.69 Å². The van der Waals surface area contributed by atoms with Crippen LogP contribution < -0.4 is 30.1 Å². The molecule has 2 aliphatic heterocycles. The van der Waals surface area contributed by atoms with Gasteiger partial charge in [0.15, 0.2) is 11.5 Å². The zero-order chi connectivity index (χ0) is 32.1. The van der Waals surface area contributed by atoms with Gasteiger partial charge in [-0.05, 0) is 66.2 Å². The first kappa shape index (κ1) is 27.8. The number of carbonyl (C=O) groups is 3. The highest BCUT2D eigenvalue weighted by Crippen LogP contribution is 2.39. The first-order chi connectivity index (χ1) is 22.9. The lowest BCUT2D eigenvalue weighted by atomic mass is 9.98. The highest BCUT2D eigenvalue weighted by atomic mass is 16.7. The smallest absolute Gasteiger partial charge is 0.344 e. The van der Waals surface area contributed by atoms with Crippen molar-refractivity contribution in [1.29, 1.82) is 0 Å². The van der Waals surface area contributed by atoms with Crippen molar-refractivity contribution in [3.05, 3.63) is 143 Å². The fraction of sp³-hybridized carbons (Fsp3) is 0.0270. The van der Waals surface area contributed by atoms with Crippen LogP contribution in [0.1, 0.15) is 31.3 Å².